The number of piperazine rings is 1. The lowest BCUT2D eigenvalue weighted by atomic mass is 10.0. The number of hydroxylamine groups is 8. The number of nitrogens with one attached hydrogen (secondary N) is 5. The number of piperidine rings is 7. The second-order valence-corrected chi connectivity index (χ2v) is 28.1. The lowest BCUT2D eigenvalue weighted by molar-refractivity contribution is -0.145. The normalized spacial score (nSPS) is 28.9. The molecule has 0 radical (unpaired) electrons. The molecule has 44 nitrogen and oxygen atoms in total. The van der Waals surface area contributed by atoms with Crippen LogP contribution in [0.3, 0.4) is 0 Å². The Labute approximate surface area is 544 Å². The second kappa shape index (κ2) is 29.9. The predicted octanol–water partition coefficient (Wildman–Crippen LogP) is -5.56. The van der Waals surface area contributed by atoms with Crippen molar-refractivity contribution in [2.75, 3.05) is 78.5 Å². The maximum absolute atomic E-state index is 12.5. The summed E-state index contributed by atoms with van der Waals surface area (Å²) in [5, 5.41) is 11.3. The van der Waals surface area contributed by atoms with Gasteiger partial charge in [0.05, 0.1) is 37.3 Å². The Morgan fingerprint density at radius 2 is 0.737 bits per heavy atom. The average Bonchev–Trinajstić information content (AvgIpc) is 1.66. The van der Waals surface area contributed by atoms with Crippen molar-refractivity contribution in [2.45, 2.75) is 157 Å². The first-order valence-corrected chi connectivity index (χ1v) is 35.9. The fraction of sp³-hybridized carbons (Fsp3) is 0.787. The van der Waals surface area contributed by atoms with Gasteiger partial charge in [-0.05, 0) is 89.9 Å². The van der Waals surface area contributed by atoms with E-state index in [4.69, 9.17) is 23.9 Å². The summed E-state index contributed by atoms with van der Waals surface area (Å²) in [7, 11) is -19.2. The van der Waals surface area contributed by atoms with E-state index in [9.17, 15) is 81.6 Å². The summed E-state index contributed by atoms with van der Waals surface area (Å²) in [6.45, 7) is 4.79. The first kappa shape index (κ1) is 72.5. The molecule has 534 valence electrons. The number of amides is 14. The molecule has 95 heavy (non-hydrogen) atoms. The summed E-state index contributed by atoms with van der Waals surface area (Å²) in [6.07, 6.45) is 9.78. The number of hydrazine groups is 4. The molecule has 12 rings (SSSR count). The molecular formula is C47H76N18O26S4. The van der Waals surface area contributed by atoms with Crippen LogP contribution in [0.15, 0.2) is 0 Å². The van der Waals surface area contributed by atoms with Gasteiger partial charge in [0.1, 0.15) is 24.2 Å². The second-order valence-electron chi connectivity index (χ2n) is 24.1. The molecule has 12 heterocycles. The SMILES string of the molecule is NC1CCCN(NC(=O)[C@@H]2CC[C@@H]3CN2C(=O)N3OS(=O)(=O)O)C1.O=C(NN1CCCCC1)[C@@H]1CC[C@@H]2CN1C(=O)N2OS(=O)(=O)O.O=C(NN1CCCCC1=O)[C@@H]1CC[C@@H]2CN1C(=O)N2OS(=O)(=O)O.O=C(NN1CCNCC1=O)[C@@H]1CC[C@@H]2CN1C(=O)N2OS(=O)(=O)O. The topological polar surface area (TPSA) is 550 Å². The first-order chi connectivity index (χ1) is 44.6. The summed E-state index contributed by atoms with van der Waals surface area (Å²) >= 11 is 0. The number of urea groups is 4. The standard InChI is InChI=1S/C12H21N5O6S.C12H18N4O7S.C12H20N4O6S.C11H17N5O7S/c13-8-2-1-5-15(6-8)14-11(18)10-4-3-9-7-16(10)12(19)17(9)23-24(20,21)22;17-10-3-1-2-6-15(10)13-11(18)9-5-4-8-7-14(9)12(19)16(8)23-24(20,21)22;17-11(13-14-6-2-1-3-7-14)10-5-4-9-8-15(10)12(18)16(9)22-23(19,20)21;17-9-5-12-3-4-15(9)13-10(18)8-2-1-7-6-14(8)11(19)16(7)23-24(20,21)22/h8-10H,1-7,13H2,(H,14,18)(H,20,21,22);8-9H,1-7H2,(H,13,18)(H,20,21,22);9-10H,1-8H2,(H,13,17)(H,19,20,21);7-8,12H,1-6H2,(H,13,18)(H,20,21,22)/t8?,9-,10+;8-,9+;9-,10+;7-,8+/m1111/s1. The van der Waals surface area contributed by atoms with E-state index in [0.717, 1.165) is 58.0 Å². The van der Waals surface area contributed by atoms with Crippen LogP contribution in [0.25, 0.3) is 0 Å². The molecule has 0 spiro atoms. The van der Waals surface area contributed by atoms with Gasteiger partial charge in [0.2, 0.25) is 5.91 Å². The van der Waals surface area contributed by atoms with Crippen molar-refractivity contribution in [3.05, 3.63) is 0 Å². The van der Waals surface area contributed by atoms with Crippen molar-refractivity contribution in [1.82, 2.24) is 86.9 Å². The van der Waals surface area contributed by atoms with Crippen LogP contribution in [0.4, 0.5) is 19.2 Å². The van der Waals surface area contributed by atoms with E-state index in [2.05, 4.69) is 44.2 Å². The minimum atomic E-state index is -4.83. The summed E-state index contributed by atoms with van der Waals surface area (Å²) in [4.78, 5) is 127. The zero-order valence-corrected chi connectivity index (χ0v) is 54.1. The van der Waals surface area contributed by atoms with Gasteiger partial charge in [-0.2, -0.15) is 53.9 Å². The Hall–Kier alpha value is -6.78. The van der Waals surface area contributed by atoms with Crippen molar-refractivity contribution in [1.29, 1.82) is 0 Å². The Bertz CT molecular complexity index is 3320. The number of hydrogen-bond donors (Lipinski definition) is 10. The van der Waals surface area contributed by atoms with Gasteiger partial charge in [-0.15, -0.1) is 17.1 Å². The van der Waals surface area contributed by atoms with Gasteiger partial charge in [0.15, 0.2) is 0 Å². The van der Waals surface area contributed by atoms with Crippen LogP contribution in [0.1, 0.15) is 103 Å². The van der Waals surface area contributed by atoms with E-state index < -0.39 is 126 Å². The lowest BCUT2D eigenvalue weighted by Gasteiger charge is -2.34. The van der Waals surface area contributed by atoms with Crippen molar-refractivity contribution >= 4 is 101 Å². The largest absolute Gasteiger partial charge is 0.418 e. The van der Waals surface area contributed by atoms with Crippen molar-refractivity contribution < 1.29 is 117 Å². The summed E-state index contributed by atoms with van der Waals surface area (Å²) in [5.74, 6) is -2.08. The van der Waals surface area contributed by atoms with Crippen LogP contribution < -0.4 is 32.8 Å². The zero-order chi connectivity index (χ0) is 69.1. The third-order valence-corrected chi connectivity index (χ3v) is 18.8. The van der Waals surface area contributed by atoms with Gasteiger partial charge in [0, 0.05) is 77.9 Å². The maximum Gasteiger partial charge on any atom is 0.418 e. The van der Waals surface area contributed by atoms with E-state index in [-0.39, 0.29) is 68.8 Å². The molecule has 9 atom stereocenters. The maximum atomic E-state index is 12.5. The number of nitrogens with zero attached hydrogens (tertiary/aromatic N) is 12. The van der Waals surface area contributed by atoms with Crippen LogP contribution in [0.2, 0.25) is 0 Å². The Morgan fingerprint density at radius 1 is 0.400 bits per heavy atom. The van der Waals surface area contributed by atoms with Crippen molar-refractivity contribution in [3.63, 3.8) is 0 Å². The van der Waals surface area contributed by atoms with Crippen LogP contribution in [-0.2, 0) is 87.5 Å². The molecule has 14 amide bonds. The highest BCUT2D eigenvalue weighted by Gasteiger charge is 2.54. The van der Waals surface area contributed by atoms with Gasteiger partial charge in [-0.3, -0.25) is 78.7 Å². The Morgan fingerprint density at radius 3 is 1.08 bits per heavy atom. The molecule has 0 aliphatic carbocycles. The summed E-state index contributed by atoms with van der Waals surface area (Å²) in [6, 6.07) is -8.22. The smallest absolute Gasteiger partial charge is 0.326 e. The monoisotopic (exact) mass is 1440 g/mol. The van der Waals surface area contributed by atoms with Crippen molar-refractivity contribution in [3.8, 4) is 0 Å². The van der Waals surface area contributed by atoms with E-state index in [1.807, 2.05) is 5.01 Å². The highest BCUT2D eigenvalue weighted by atomic mass is 32.3. The van der Waals surface area contributed by atoms with Crippen molar-refractivity contribution in [2.24, 2.45) is 5.73 Å². The summed E-state index contributed by atoms with van der Waals surface area (Å²) in [5.41, 5.74) is 16.5. The highest BCUT2D eigenvalue weighted by molar-refractivity contribution is 7.81. The molecule has 1 unspecified atom stereocenters. The average molecular weight is 1440 g/mol. The predicted molar refractivity (Wildman–Crippen MR) is 310 cm³/mol. The number of fused-ring (bicyclic) bond motifs is 8. The molecule has 0 aromatic carbocycles. The molecule has 0 aromatic heterocycles. The Kier molecular flexibility index (Phi) is 22.8. The number of carbonyl (C=O) groups is 10. The third kappa shape index (κ3) is 18.5. The van der Waals surface area contributed by atoms with Crippen LogP contribution in [0.5, 0.6) is 0 Å². The number of rotatable bonds is 16. The molecule has 12 fully saturated rings. The molecule has 11 N–H and O–H groups in total. The molecule has 8 bridgehead atoms. The zero-order valence-electron chi connectivity index (χ0n) is 50.8. The van der Waals surface area contributed by atoms with Crippen LogP contribution in [0, 0.1) is 0 Å². The van der Waals surface area contributed by atoms with Gasteiger partial charge in [-0.1, -0.05) is 6.42 Å². The molecule has 12 aliphatic heterocycles. The van der Waals surface area contributed by atoms with E-state index in [0.29, 0.717) is 104 Å². The van der Waals surface area contributed by atoms with Gasteiger partial charge in [0.25, 0.3) is 29.5 Å². The summed E-state index contributed by atoms with van der Waals surface area (Å²) < 4.78 is 139. The van der Waals surface area contributed by atoms with Crippen LogP contribution in [-0.4, -0.2) is 304 Å². The molecule has 0 aromatic rings. The minimum absolute atomic E-state index is 0.00172. The Balaban J connectivity index is 0.000000149. The number of carbonyl (C=O) groups excluding carboxylic acids is 10. The fourth-order valence-electron chi connectivity index (χ4n) is 13.1. The van der Waals surface area contributed by atoms with E-state index >= 15 is 0 Å². The minimum Gasteiger partial charge on any atom is -0.326 e. The van der Waals surface area contributed by atoms with Gasteiger partial charge >= 0.3 is 65.7 Å². The van der Waals surface area contributed by atoms with Gasteiger partial charge < -0.3 is 30.7 Å². The van der Waals surface area contributed by atoms with Gasteiger partial charge in [-0.25, -0.2) is 29.2 Å². The molecule has 12 saturated heterocycles. The van der Waals surface area contributed by atoms with Crippen LogP contribution >= 0.6 is 0 Å². The van der Waals surface area contributed by atoms with E-state index in [1.54, 1.807) is 5.01 Å². The molecule has 0 saturated carbocycles. The number of nitrogens with two attached hydrogens (primary N) is 1. The highest BCUT2D eigenvalue weighted by Crippen LogP contribution is 2.35. The number of hydrogen-bond acceptors (Lipinski definition) is 26. The molecular weight excluding hydrogens is 1360 g/mol. The third-order valence-electron chi connectivity index (χ3n) is 17.5. The van der Waals surface area contributed by atoms with E-state index in [1.165, 1.54) is 29.6 Å². The lowest BCUT2D eigenvalue weighted by Crippen LogP contribution is -2.60. The quantitative estimate of drug-likeness (QED) is 0.0644. The molecule has 12 aliphatic rings. The molecule has 48 heteroatoms. The first-order valence-electron chi connectivity index (χ1n) is 30.5. The fourth-order valence-corrected chi connectivity index (χ4v) is 14.6.